The van der Waals surface area contributed by atoms with Crippen LogP contribution in [-0.4, -0.2) is 27.3 Å². The first-order valence-corrected chi connectivity index (χ1v) is 6.85. The maximum Gasteiger partial charge on any atom is 0.337 e. The molecule has 1 atom stereocenters. The monoisotopic (exact) mass is 334 g/mol. The van der Waals surface area contributed by atoms with Crippen LogP contribution in [0.25, 0.3) is 0 Å². The molecule has 0 saturated carbocycles. The molecule has 0 aromatic heterocycles. The number of aliphatic carboxylic acids is 1. The Balaban J connectivity index is 3.17. The summed E-state index contributed by atoms with van der Waals surface area (Å²) >= 11 is 8.90. The number of carboxylic acid groups (broad SMARTS) is 1. The van der Waals surface area contributed by atoms with Crippen LogP contribution in [0.2, 0.25) is 0 Å². The van der Waals surface area contributed by atoms with Gasteiger partial charge in [-0.25, -0.2) is 4.79 Å². The Kier molecular flexibility index (Phi) is 5.78. The quantitative estimate of drug-likeness (QED) is 0.619. The summed E-state index contributed by atoms with van der Waals surface area (Å²) in [6.07, 6.45) is -1.35. The fourth-order valence-corrected chi connectivity index (χ4v) is 2.10. The lowest BCUT2D eigenvalue weighted by Crippen LogP contribution is -2.12. The number of aliphatic hydroxyl groups excluding tert-OH is 1. The number of hydrogen-bond donors (Lipinski definition) is 2. The van der Waals surface area contributed by atoms with Crippen molar-refractivity contribution in [3.05, 3.63) is 34.9 Å². The topological polar surface area (TPSA) is 74.6 Å². The van der Waals surface area contributed by atoms with Gasteiger partial charge in [0.2, 0.25) is 0 Å². The van der Waals surface area contributed by atoms with E-state index < -0.39 is 12.1 Å². The van der Waals surface area contributed by atoms with E-state index in [4.69, 9.17) is 16.7 Å². The highest BCUT2D eigenvalue weighted by molar-refractivity contribution is 9.09. The van der Waals surface area contributed by atoms with Crippen LogP contribution in [0.5, 0.6) is 0 Å². The Bertz CT molecular complexity index is 461. The van der Waals surface area contributed by atoms with Crippen LogP contribution >= 0.6 is 27.5 Å². The highest BCUT2D eigenvalue weighted by Crippen LogP contribution is 2.21. The minimum Gasteiger partial charge on any atom is -0.479 e. The molecule has 0 amide bonds. The lowest BCUT2D eigenvalue weighted by Gasteiger charge is -2.11. The lowest BCUT2D eigenvalue weighted by atomic mass is 9.98. The Morgan fingerprint density at radius 1 is 1.39 bits per heavy atom. The number of benzene rings is 1. The molecule has 4 nitrogen and oxygen atoms in total. The van der Waals surface area contributed by atoms with E-state index in [2.05, 4.69) is 15.9 Å². The smallest absolute Gasteiger partial charge is 0.337 e. The third kappa shape index (κ3) is 3.54. The summed E-state index contributed by atoms with van der Waals surface area (Å²) in [6.45, 7) is 0. The summed E-state index contributed by atoms with van der Waals surface area (Å²) in [5, 5.41) is 18.7. The average Bonchev–Trinajstić information content (AvgIpc) is 2.37. The van der Waals surface area contributed by atoms with Crippen molar-refractivity contribution < 1.29 is 19.8 Å². The van der Waals surface area contributed by atoms with Gasteiger partial charge in [-0.15, -0.1) is 11.6 Å². The SMILES string of the molecule is O=C(CCBr)c1cc(C(O)C(=O)O)ccc1CCl. The van der Waals surface area contributed by atoms with E-state index in [0.717, 1.165) is 0 Å². The molecule has 0 saturated heterocycles. The lowest BCUT2D eigenvalue weighted by molar-refractivity contribution is -0.146. The van der Waals surface area contributed by atoms with Gasteiger partial charge in [-0.2, -0.15) is 0 Å². The van der Waals surface area contributed by atoms with E-state index in [-0.39, 0.29) is 23.6 Å². The predicted octanol–water partition coefficient (Wildman–Crippen LogP) is 2.51. The summed E-state index contributed by atoms with van der Waals surface area (Å²) in [7, 11) is 0. The normalized spacial score (nSPS) is 12.2. The molecule has 0 aliphatic carbocycles. The van der Waals surface area contributed by atoms with Gasteiger partial charge in [0, 0.05) is 23.2 Å². The fraction of sp³-hybridized carbons (Fsp3) is 0.333. The number of carbonyl (C=O) groups is 2. The van der Waals surface area contributed by atoms with E-state index in [1.54, 1.807) is 6.07 Å². The number of alkyl halides is 2. The molecule has 1 unspecified atom stereocenters. The molecule has 0 radical (unpaired) electrons. The third-order valence-corrected chi connectivity index (χ3v) is 3.13. The van der Waals surface area contributed by atoms with Crippen LogP contribution in [0.3, 0.4) is 0 Å². The van der Waals surface area contributed by atoms with Crippen molar-refractivity contribution >= 4 is 39.3 Å². The van der Waals surface area contributed by atoms with E-state index in [9.17, 15) is 14.7 Å². The van der Waals surface area contributed by atoms with Gasteiger partial charge in [0.05, 0.1) is 0 Å². The van der Waals surface area contributed by atoms with Crippen molar-refractivity contribution in [3.8, 4) is 0 Å². The second-order valence-electron chi connectivity index (χ2n) is 3.65. The van der Waals surface area contributed by atoms with Gasteiger partial charge >= 0.3 is 5.97 Å². The Labute approximate surface area is 118 Å². The highest BCUT2D eigenvalue weighted by Gasteiger charge is 2.19. The van der Waals surface area contributed by atoms with Gasteiger partial charge in [0.15, 0.2) is 11.9 Å². The molecule has 0 aliphatic heterocycles. The van der Waals surface area contributed by atoms with Gasteiger partial charge in [-0.1, -0.05) is 28.1 Å². The first-order chi connectivity index (χ1) is 8.51. The summed E-state index contributed by atoms with van der Waals surface area (Å²) in [6, 6.07) is 4.42. The largest absolute Gasteiger partial charge is 0.479 e. The first-order valence-electron chi connectivity index (χ1n) is 5.20. The number of halogens is 2. The number of rotatable bonds is 6. The third-order valence-electron chi connectivity index (χ3n) is 2.45. The molecule has 0 heterocycles. The second kappa shape index (κ2) is 6.87. The highest BCUT2D eigenvalue weighted by atomic mass is 79.9. The van der Waals surface area contributed by atoms with Crippen LogP contribution < -0.4 is 0 Å². The number of aliphatic hydroxyl groups is 1. The van der Waals surface area contributed by atoms with E-state index >= 15 is 0 Å². The standard InChI is InChI=1S/C12H12BrClO4/c13-4-3-10(15)9-5-7(11(16)12(17)18)1-2-8(9)6-14/h1-2,5,11,16H,3-4,6H2,(H,17,18). The van der Waals surface area contributed by atoms with E-state index in [1.165, 1.54) is 12.1 Å². The van der Waals surface area contributed by atoms with Crippen molar-refractivity contribution in [2.75, 3.05) is 5.33 Å². The van der Waals surface area contributed by atoms with Crippen molar-refractivity contribution in [1.82, 2.24) is 0 Å². The van der Waals surface area contributed by atoms with E-state index in [0.29, 0.717) is 16.5 Å². The predicted molar refractivity (Wildman–Crippen MR) is 71.3 cm³/mol. The molecule has 0 aliphatic rings. The molecule has 18 heavy (non-hydrogen) atoms. The number of ketones is 1. The van der Waals surface area contributed by atoms with Gasteiger partial charge in [0.1, 0.15) is 0 Å². The summed E-state index contributed by atoms with van der Waals surface area (Å²) < 4.78 is 0. The molecule has 0 spiro atoms. The van der Waals surface area contributed by atoms with Crippen LogP contribution in [0, 0.1) is 0 Å². The number of carboxylic acids is 1. The maximum absolute atomic E-state index is 11.9. The van der Waals surface area contributed by atoms with Crippen LogP contribution in [0.15, 0.2) is 18.2 Å². The number of Topliss-reactive ketones (excluding diaryl/α,β-unsaturated/α-hetero) is 1. The molecule has 98 valence electrons. The maximum atomic E-state index is 11.9. The molecule has 6 heteroatoms. The zero-order valence-electron chi connectivity index (χ0n) is 9.40. The van der Waals surface area contributed by atoms with Crippen molar-refractivity contribution in [1.29, 1.82) is 0 Å². The van der Waals surface area contributed by atoms with Crippen LogP contribution in [-0.2, 0) is 10.7 Å². The minimum absolute atomic E-state index is 0.137. The zero-order valence-corrected chi connectivity index (χ0v) is 11.7. The first kappa shape index (κ1) is 15.1. The molecule has 0 bridgehead atoms. The summed E-state index contributed by atoms with van der Waals surface area (Å²) in [4.78, 5) is 22.5. The fourth-order valence-electron chi connectivity index (χ4n) is 1.50. The molecule has 1 aromatic rings. The van der Waals surface area contributed by atoms with Crippen LogP contribution in [0.1, 0.15) is 34.0 Å². The Morgan fingerprint density at radius 2 is 2.06 bits per heavy atom. The number of carbonyl (C=O) groups excluding carboxylic acids is 1. The van der Waals surface area contributed by atoms with Crippen molar-refractivity contribution in [2.45, 2.75) is 18.4 Å². The van der Waals surface area contributed by atoms with Gasteiger partial charge in [0.25, 0.3) is 0 Å². The van der Waals surface area contributed by atoms with E-state index in [1.807, 2.05) is 0 Å². The molecular formula is C12H12BrClO4. The van der Waals surface area contributed by atoms with Crippen molar-refractivity contribution in [3.63, 3.8) is 0 Å². The number of hydrogen-bond acceptors (Lipinski definition) is 3. The van der Waals surface area contributed by atoms with Crippen LogP contribution in [0.4, 0.5) is 0 Å². The molecule has 1 rings (SSSR count). The Hall–Kier alpha value is -0.910. The minimum atomic E-state index is -1.63. The summed E-state index contributed by atoms with van der Waals surface area (Å²) in [5.74, 6) is -1.33. The van der Waals surface area contributed by atoms with Gasteiger partial charge in [-0.05, 0) is 17.2 Å². The molecular weight excluding hydrogens is 323 g/mol. The zero-order chi connectivity index (χ0) is 13.7. The summed E-state index contributed by atoms with van der Waals surface area (Å²) in [5.41, 5.74) is 1.17. The molecule has 1 aromatic carbocycles. The van der Waals surface area contributed by atoms with Crippen molar-refractivity contribution in [2.24, 2.45) is 0 Å². The van der Waals surface area contributed by atoms with Gasteiger partial charge < -0.3 is 10.2 Å². The average molecular weight is 336 g/mol. The molecule has 2 N–H and O–H groups in total. The second-order valence-corrected chi connectivity index (χ2v) is 4.71. The Morgan fingerprint density at radius 3 is 2.56 bits per heavy atom. The van der Waals surface area contributed by atoms with Gasteiger partial charge in [-0.3, -0.25) is 4.79 Å². The molecule has 0 fully saturated rings.